The van der Waals surface area contributed by atoms with Gasteiger partial charge in [0, 0.05) is 55.4 Å². The number of fused-ring (bicyclic) bond motifs is 11. The number of carbonyl (C=O) groups is 1. The fraction of sp³-hybridized carbons (Fsp3) is 0.548. The number of carbonyl (C=O) groups excluding carboxylic acids is 1. The summed E-state index contributed by atoms with van der Waals surface area (Å²) in [5.74, 6) is 8.20. The average Bonchev–Trinajstić information content (AvgIpc) is 3.89. The van der Waals surface area contributed by atoms with Crippen LogP contribution in [0.15, 0.2) is 89.0 Å². The summed E-state index contributed by atoms with van der Waals surface area (Å²) in [5.41, 5.74) is 15.7. The van der Waals surface area contributed by atoms with Gasteiger partial charge in [0.2, 0.25) is 0 Å². The Kier molecular flexibility index (Phi) is 15.4. The summed E-state index contributed by atoms with van der Waals surface area (Å²) in [7, 11) is 1.77. The molecule has 10 rings (SSSR count). The maximum Gasteiger partial charge on any atom is 0.189 e. The van der Waals surface area contributed by atoms with Crippen molar-refractivity contribution in [2.75, 3.05) is 26.9 Å². The lowest BCUT2D eigenvalue weighted by molar-refractivity contribution is -0.114. The molecule has 7 aliphatic rings. The fourth-order valence-electron chi connectivity index (χ4n) is 14.5. The van der Waals surface area contributed by atoms with Crippen LogP contribution in [-0.4, -0.2) is 71.2 Å². The molecular weight excluding hydrogens is 899 g/mol. The number of aromatic hydroxyl groups is 2. The van der Waals surface area contributed by atoms with Crippen LogP contribution in [0.2, 0.25) is 0 Å². The average molecular weight is 976 g/mol. The summed E-state index contributed by atoms with van der Waals surface area (Å²) in [6.07, 6.45) is 23.1. The topological polar surface area (TPSA) is 167 Å². The second-order valence-corrected chi connectivity index (χ2v) is 22.7. The van der Waals surface area contributed by atoms with E-state index in [1.807, 2.05) is 24.3 Å². The van der Waals surface area contributed by atoms with E-state index in [0.29, 0.717) is 55.5 Å². The summed E-state index contributed by atoms with van der Waals surface area (Å²) in [6.45, 7) is 2.49. The van der Waals surface area contributed by atoms with Crippen molar-refractivity contribution in [3.05, 3.63) is 123 Å². The molecule has 0 unspecified atom stereocenters. The number of ether oxygens (including phenoxy) is 2. The first-order valence-corrected chi connectivity index (χ1v) is 27.4. The Morgan fingerprint density at radius 1 is 0.986 bits per heavy atom. The SMILES string of the molecule is COC[C@H]1[C@@H]2c3c(O)c(OC4CCCC4)cc(CCC(=O)/C=C(\CO)[C@H]4CCC=C[C@@H]4CO)c3C#CC[C@H]3C[C@H]1C=C1[C@@H](C[C@H](C)C[C@@H]12)c1cc(O)cc(c1)Cc1cccc(c1)C1(CCCCC1)NC(N)=N3. The van der Waals surface area contributed by atoms with Crippen LogP contribution in [0, 0.1) is 47.3 Å². The third kappa shape index (κ3) is 10.5. The van der Waals surface area contributed by atoms with E-state index in [0.717, 1.165) is 105 Å². The van der Waals surface area contributed by atoms with Crippen LogP contribution in [0.3, 0.4) is 0 Å². The van der Waals surface area contributed by atoms with Crippen molar-refractivity contribution in [2.24, 2.45) is 46.2 Å². The smallest absolute Gasteiger partial charge is 0.189 e. The zero-order valence-corrected chi connectivity index (χ0v) is 42.6. The lowest BCUT2D eigenvalue weighted by Gasteiger charge is -2.49. The van der Waals surface area contributed by atoms with Crippen molar-refractivity contribution in [1.29, 1.82) is 0 Å². The zero-order chi connectivity index (χ0) is 49.9. The maximum atomic E-state index is 14.1. The molecule has 9 atom stereocenters. The van der Waals surface area contributed by atoms with E-state index < -0.39 is 0 Å². The number of aliphatic hydroxyl groups is 2. The van der Waals surface area contributed by atoms with Crippen LogP contribution in [0.4, 0.5) is 0 Å². The molecule has 6 aliphatic carbocycles. The van der Waals surface area contributed by atoms with Gasteiger partial charge in [0.25, 0.3) is 0 Å². The number of benzene rings is 3. The molecule has 382 valence electrons. The van der Waals surface area contributed by atoms with E-state index >= 15 is 0 Å². The van der Waals surface area contributed by atoms with Gasteiger partial charge in [-0.3, -0.25) is 4.79 Å². The highest BCUT2D eigenvalue weighted by atomic mass is 16.5. The molecule has 3 aromatic rings. The summed E-state index contributed by atoms with van der Waals surface area (Å²) in [5, 5.41) is 49.2. The summed E-state index contributed by atoms with van der Waals surface area (Å²) >= 11 is 0. The number of aryl methyl sites for hydroxylation is 1. The van der Waals surface area contributed by atoms with Crippen molar-refractivity contribution in [1.82, 2.24) is 5.32 Å². The number of hydrogen-bond acceptors (Lipinski definition) is 10. The number of nitrogens with one attached hydrogen (secondary N) is 1. The van der Waals surface area contributed by atoms with Crippen molar-refractivity contribution in [3.8, 4) is 29.1 Å². The molecule has 3 saturated carbocycles. The van der Waals surface area contributed by atoms with Crippen molar-refractivity contribution >= 4 is 11.7 Å². The molecule has 8 bridgehead atoms. The van der Waals surface area contributed by atoms with E-state index in [4.69, 9.17) is 20.2 Å². The van der Waals surface area contributed by atoms with E-state index in [9.17, 15) is 25.2 Å². The first-order chi connectivity index (χ1) is 35.0. The second-order valence-electron chi connectivity index (χ2n) is 22.7. The van der Waals surface area contributed by atoms with Crippen LogP contribution >= 0.6 is 0 Å². The molecule has 3 aromatic carbocycles. The van der Waals surface area contributed by atoms with E-state index in [1.165, 1.54) is 23.1 Å². The van der Waals surface area contributed by atoms with Crippen molar-refractivity contribution in [3.63, 3.8) is 0 Å². The number of nitrogens with zero attached hydrogens (tertiary/aromatic N) is 1. The van der Waals surface area contributed by atoms with Gasteiger partial charge in [0.05, 0.1) is 30.9 Å². The first kappa shape index (κ1) is 50.2. The number of methoxy groups -OCH3 is 1. The minimum Gasteiger partial charge on any atom is -0.508 e. The minimum absolute atomic E-state index is 0.000657. The van der Waals surface area contributed by atoms with Crippen LogP contribution in [0.25, 0.3) is 0 Å². The molecule has 1 heterocycles. The molecule has 0 amide bonds. The Morgan fingerprint density at radius 3 is 2.61 bits per heavy atom. The van der Waals surface area contributed by atoms with Crippen LogP contribution < -0.4 is 15.8 Å². The minimum atomic E-state index is -0.377. The summed E-state index contributed by atoms with van der Waals surface area (Å²) in [6, 6.07) is 16.8. The van der Waals surface area contributed by atoms with Gasteiger partial charge < -0.3 is 41.0 Å². The number of phenols is 2. The van der Waals surface area contributed by atoms with Gasteiger partial charge >= 0.3 is 0 Å². The monoisotopic (exact) mass is 976 g/mol. The number of allylic oxidation sites excluding steroid dienone is 4. The number of guanidine groups is 1. The third-order valence-electron chi connectivity index (χ3n) is 17.8. The summed E-state index contributed by atoms with van der Waals surface area (Å²) < 4.78 is 13.1. The molecule has 10 nitrogen and oxygen atoms in total. The molecule has 7 N–H and O–H groups in total. The summed E-state index contributed by atoms with van der Waals surface area (Å²) in [4.78, 5) is 19.5. The molecule has 0 radical (unpaired) electrons. The normalized spacial score (nSPS) is 29.0. The molecule has 0 aromatic heterocycles. The predicted molar refractivity (Wildman–Crippen MR) is 283 cm³/mol. The van der Waals surface area contributed by atoms with Crippen LogP contribution in [-0.2, 0) is 27.9 Å². The highest BCUT2D eigenvalue weighted by Crippen LogP contribution is 2.59. The Balaban J connectivity index is 1.15. The Hall–Kier alpha value is -5.34. The first-order valence-electron chi connectivity index (χ1n) is 27.4. The number of aliphatic hydroxyl groups excluding tert-OH is 2. The number of nitrogens with two attached hydrogens (primary N) is 1. The molecule has 10 heteroatoms. The molecule has 3 fully saturated rings. The zero-order valence-electron chi connectivity index (χ0n) is 42.6. The number of aliphatic imine (C=N–C) groups is 1. The Morgan fingerprint density at radius 2 is 1.82 bits per heavy atom. The lowest BCUT2D eigenvalue weighted by Crippen LogP contribution is -2.50. The predicted octanol–water partition coefficient (Wildman–Crippen LogP) is 10.3. The van der Waals surface area contributed by atoms with Gasteiger partial charge in [-0.1, -0.05) is 92.2 Å². The fourth-order valence-corrected chi connectivity index (χ4v) is 14.5. The molecule has 1 spiro atoms. The lowest BCUT2D eigenvalue weighted by atomic mass is 9.55. The molecule has 0 saturated heterocycles. The number of ketones is 1. The van der Waals surface area contributed by atoms with Crippen molar-refractivity contribution in [2.45, 2.75) is 152 Å². The van der Waals surface area contributed by atoms with E-state index in [-0.39, 0.29) is 96.0 Å². The van der Waals surface area contributed by atoms with Gasteiger partial charge in [-0.15, -0.1) is 0 Å². The second kappa shape index (κ2) is 22.0. The van der Waals surface area contributed by atoms with E-state index in [1.54, 1.807) is 13.2 Å². The number of hydrogen-bond donors (Lipinski definition) is 6. The van der Waals surface area contributed by atoms with E-state index in [2.05, 4.69) is 66.6 Å². The van der Waals surface area contributed by atoms with Gasteiger partial charge in [-0.2, -0.15) is 0 Å². The molecule has 1 aliphatic heterocycles. The van der Waals surface area contributed by atoms with Gasteiger partial charge in [0.15, 0.2) is 23.2 Å². The van der Waals surface area contributed by atoms with Gasteiger partial charge in [-0.25, -0.2) is 4.99 Å². The highest BCUT2D eigenvalue weighted by Gasteiger charge is 2.49. The standard InChI is InChI=1S/C62H77N3O7/c1-38-24-53-43-27-40(29-49(69)31-43)26-39-12-10-14-46(28-39)62(22-8-3-9-23-62)65-61(63)64-47-15-11-19-52-41(20-21-48(68)32-45(36-67)51-18-7-4-13-42(51)35-66)34-57(72-50-16-5-6-17-50)60(70)59(52)58-55(25-38)54(53)33-44(30-47)56(58)37-71-2/h4,10,12-14,27-29,31-34,38,42,44,47,50-51,53,55-56,58,66-67,69-70H,3,5-9,15-18,20-26,30,35-37H2,1-2H3,(H3,63,64,65)/b45-32+/t38-,42+,44-,47-,51-,53-,55-,56+,58+/m0/s1. The molecule has 72 heavy (non-hydrogen) atoms. The Labute approximate surface area is 427 Å². The largest absolute Gasteiger partial charge is 0.508 e. The highest BCUT2D eigenvalue weighted by molar-refractivity contribution is 5.90. The van der Waals surface area contributed by atoms with Gasteiger partial charge in [-0.05, 0) is 171 Å². The van der Waals surface area contributed by atoms with Crippen LogP contribution in [0.5, 0.6) is 17.2 Å². The number of phenolic OH excluding ortho intramolecular Hbond substituents is 2. The van der Waals surface area contributed by atoms with Gasteiger partial charge in [0.1, 0.15) is 5.75 Å². The third-order valence-corrected chi connectivity index (χ3v) is 17.8. The Bertz CT molecular complexity index is 2660. The maximum absolute atomic E-state index is 14.1. The number of rotatable bonds is 11. The quantitative estimate of drug-likeness (QED) is 0.0623. The van der Waals surface area contributed by atoms with Crippen LogP contribution in [0.1, 0.15) is 160 Å². The van der Waals surface area contributed by atoms with Crippen molar-refractivity contribution < 1.29 is 34.7 Å². The molecular formula is C62H77N3O7.